The molecule has 1 aromatic carbocycles. The number of hydrogen-bond acceptors (Lipinski definition) is 9. The van der Waals surface area contributed by atoms with E-state index in [9.17, 15) is 14.4 Å². The molecule has 3 atom stereocenters. The first-order valence-electron chi connectivity index (χ1n) is 11.4. The summed E-state index contributed by atoms with van der Waals surface area (Å²) in [7, 11) is 5.75. The van der Waals surface area contributed by atoms with E-state index >= 15 is 0 Å². The minimum Gasteiger partial charge on any atom is -0.496 e. The molecule has 0 unspecified atom stereocenters. The second-order valence-corrected chi connectivity index (χ2v) is 8.94. The maximum atomic E-state index is 13.9. The summed E-state index contributed by atoms with van der Waals surface area (Å²) < 4.78 is 27.1. The van der Waals surface area contributed by atoms with Gasteiger partial charge >= 0.3 is 11.9 Å². The Morgan fingerprint density at radius 1 is 1.00 bits per heavy atom. The zero-order chi connectivity index (χ0) is 26.0. The van der Waals surface area contributed by atoms with Crippen LogP contribution >= 0.6 is 0 Å². The van der Waals surface area contributed by atoms with Crippen LogP contribution in [0.2, 0.25) is 0 Å². The largest absolute Gasteiger partial charge is 0.496 e. The van der Waals surface area contributed by atoms with E-state index in [1.54, 1.807) is 32.9 Å². The van der Waals surface area contributed by atoms with Crippen LogP contribution < -0.4 is 19.5 Å². The van der Waals surface area contributed by atoms with Crippen LogP contribution in [-0.2, 0) is 23.9 Å². The van der Waals surface area contributed by atoms with Gasteiger partial charge < -0.3 is 29.0 Å². The van der Waals surface area contributed by atoms with Crippen LogP contribution in [0.5, 0.6) is 17.2 Å². The van der Waals surface area contributed by atoms with E-state index in [-0.39, 0.29) is 17.6 Å². The molecule has 1 heterocycles. The Bertz CT molecular complexity index is 1100. The maximum Gasteiger partial charge on any atom is 0.337 e. The molecule has 0 aromatic heterocycles. The number of allylic oxidation sites excluding steroid dienone is 3. The molecule has 0 spiro atoms. The van der Waals surface area contributed by atoms with Crippen molar-refractivity contribution in [1.82, 2.24) is 5.32 Å². The van der Waals surface area contributed by atoms with Crippen LogP contribution in [0.3, 0.4) is 0 Å². The van der Waals surface area contributed by atoms with Crippen molar-refractivity contribution in [3.63, 3.8) is 0 Å². The average Bonchev–Trinajstić information content (AvgIpc) is 2.81. The number of esters is 2. The third kappa shape index (κ3) is 4.72. The number of rotatable bonds is 7. The number of dihydropyridines is 1. The molecule has 0 fully saturated rings. The SMILES string of the molecule is COC(=O)[C@H]1C(=O)C2=C(C[C@H]1C)NC(C)=C(C(=O)OC(C)C)[C@H]2c1cc(OC)c(OC)cc1OC. The van der Waals surface area contributed by atoms with Gasteiger partial charge in [-0.25, -0.2) is 4.79 Å². The molecule has 35 heavy (non-hydrogen) atoms. The lowest BCUT2D eigenvalue weighted by Crippen LogP contribution is -2.43. The molecule has 0 radical (unpaired) electrons. The molecule has 9 heteroatoms. The molecule has 0 bridgehead atoms. The fourth-order valence-corrected chi connectivity index (χ4v) is 4.82. The number of methoxy groups -OCH3 is 4. The van der Waals surface area contributed by atoms with Gasteiger partial charge in [0.2, 0.25) is 0 Å². The second-order valence-electron chi connectivity index (χ2n) is 8.94. The number of carbonyl (C=O) groups excluding carboxylic acids is 3. The predicted octanol–water partition coefficient (Wildman–Crippen LogP) is 3.28. The fourth-order valence-electron chi connectivity index (χ4n) is 4.82. The molecule has 1 aliphatic carbocycles. The topological polar surface area (TPSA) is 109 Å². The smallest absolute Gasteiger partial charge is 0.337 e. The zero-order valence-electron chi connectivity index (χ0n) is 21.4. The van der Waals surface area contributed by atoms with Gasteiger partial charge in [-0.2, -0.15) is 0 Å². The van der Waals surface area contributed by atoms with Crippen molar-refractivity contribution in [3.05, 3.63) is 40.2 Å². The molecule has 3 rings (SSSR count). The Morgan fingerprint density at radius 2 is 1.60 bits per heavy atom. The van der Waals surface area contributed by atoms with E-state index in [2.05, 4.69) is 5.32 Å². The quantitative estimate of drug-likeness (QED) is 0.458. The Morgan fingerprint density at radius 3 is 2.14 bits per heavy atom. The molecule has 2 aliphatic rings. The highest BCUT2D eigenvalue weighted by molar-refractivity contribution is 6.12. The van der Waals surface area contributed by atoms with Crippen molar-refractivity contribution < 1.29 is 38.1 Å². The summed E-state index contributed by atoms with van der Waals surface area (Å²) in [5.41, 5.74) is 2.30. The van der Waals surface area contributed by atoms with Gasteiger partial charge in [0.1, 0.15) is 11.7 Å². The molecule has 1 aliphatic heterocycles. The lowest BCUT2D eigenvalue weighted by Gasteiger charge is -2.38. The minimum atomic E-state index is -0.991. The number of Topliss-reactive ketones (excluding diaryl/α,β-unsaturated/α-hetero) is 1. The van der Waals surface area contributed by atoms with Gasteiger partial charge in [0.15, 0.2) is 17.3 Å². The van der Waals surface area contributed by atoms with Gasteiger partial charge in [-0.05, 0) is 39.2 Å². The monoisotopic (exact) mass is 487 g/mol. The van der Waals surface area contributed by atoms with Crippen molar-refractivity contribution in [2.75, 3.05) is 28.4 Å². The molecule has 190 valence electrons. The normalized spacial score (nSPS) is 21.9. The summed E-state index contributed by atoms with van der Waals surface area (Å²) in [6, 6.07) is 3.33. The van der Waals surface area contributed by atoms with Crippen LogP contribution in [0.4, 0.5) is 0 Å². The van der Waals surface area contributed by atoms with Gasteiger partial charge in [-0.1, -0.05) is 6.92 Å². The number of carbonyl (C=O) groups is 3. The first-order valence-corrected chi connectivity index (χ1v) is 11.4. The van der Waals surface area contributed by atoms with E-state index < -0.39 is 29.6 Å². The Balaban J connectivity index is 2.32. The summed E-state index contributed by atoms with van der Waals surface area (Å²) in [6.07, 6.45) is 0.0487. The molecular weight excluding hydrogens is 454 g/mol. The van der Waals surface area contributed by atoms with Gasteiger partial charge in [-0.15, -0.1) is 0 Å². The van der Waals surface area contributed by atoms with Gasteiger partial charge in [0, 0.05) is 28.6 Å². The third-order valence-corrected chi connectivity index (χ3v) is 6.35. The second kappa shape index (κ2) is 10.4. The van der Waals surface area contributed by atoms with Gasteiger partial charge in [0.25, 0.3) is 0 Å². The van der Waals surface area contributed by atoms with E-state index in [0.717, 1.165) is 0 Å². The number of hydrogen-bond donors (Lipinski definition) is 1. The average molecular weight is 488 g/mol. The number of benzene rings is 1. The van der Waals surface area contributed by atoms with Crippen LogP contribution in [0.1, 0.15) is 45.6 Å². The third-order valence-electron chi connectivity index (χ3n) is 6.35. The van der Waals surface area contributed by atoms with Crippen molar-refractivity contribution in [2.24, 2.45) is 11.8 Å². The number of ether oxygens (including phenoxy) is 5. The van der Waals surface area contributed by atoms with Crippen molar-refractivity contribution in [1.29, 1.82) is 0 Å². The zero-order valence-corrected chi connectivity index (χ0v) is 21.4. The molecule has 0 saturated carbocycles. The molecule has 9 nitrogen and oxygen atoms in total. The Kier molecular flexibility index (Phi) is 7.77. The lowest BCUT2D eigenvalue weighted by molar-refractivity contribution is -0.151. The molecule has 0 amide bonds. The van der Waals surface area contributed by atoms with Crippen LogP contribution in [-0.4, -0.2) is 52.3 Å². The Labute approximate surface area is 205 Å². The van der Waals surface area contributed by atoms with Crippen molar-refractivity contribution in [2.45, 2.75) is 46.1 Å². The molecular formula is C26H33NO8. The molecule has 1 N–H and O–H groups in total. The fraction of sp³-hybridized carbons (Fsp3) is 0.500. The maximum absolute atomic E-state index is 13.9. The summed E-state index contributed by atoms with van der Waals surface area (Å²) in [5, 5.41) is 3.24. The standard InChI is InChI=1S/C26H33NO8/c1-12(2)35-26(30)21-14(4)27-16-9-13(3)20(25(29)34-8)24(28)23(16)22(21)15-10-18(32-6)19(33-7)11-17(15)31-5/h10-13,20,22,27H,9H2,1-8H3/t13-,20-,22-/m1/s1. The van der Waals surface area contributed by atoms with Gasteiger partial charge in [0.05, 0.1) is 46.0 Å². The molecule has 1 aromatic rings. The van der Waals surface area contributed by atoms with E-state index in [0.29, 0.717) is 46.2 Å². The van der Waals surface area contributed by atoms with Crippen molar-refractivity contribution >= 4 is 17.7 Å². The number of nitrogens with one attached hydrogen (secondary N) is 1. The summed E-state index contributed by atoms with van der Waals surface area (Å²) in [4.78, 5) is 39.8. The van der Waals surface area contributed by atoms with E-state index in [4.69, 9.17) is 23.7 Å². The van der Waals surface area contributed by atoms with Crippen LogP contribution in [0.25, 0.3) is 0 Å². The van der Waals surface area contributed by atoms with E-state index in [1.165, 1.54) is 28.4 Å². The summed E-state index contributed by atoms with van der Waals surface area (Å²) in [5.74, 6) is -2.49. The first kappa shape index (κ1) is 26.1. The summed E-state index contributed by atoms with van der Waals surface area (Å²) >= 11 is 0. The molecule has 0 saturated heterocycles. The van der Waals surface area contributed by atoms with Crippen LogP contribution in [0.15, 0.2) is 34.7 Å². The summed E-state index contributed by atoms with van der Waals surface area (Å²) in [6.45, 7) is 7.10. The lowest BCUT2D eigenvalue weighted by atomic mass is 9.69. The minimum absolute atomic E-state index is 0.259. The number of ketones is 1. The van der Waals surface area contributed by atoms with Gasteiger partial charge in [-0.3, -0.25) is 9.59 Å². The van der Waals surface area contributed by atoms with Crippen molar-refractivity contribution in [3.8, 4) is 17.2 Å². The Hall–Kier alpha value is -3.49. The highest BCUT2D eigenvalue weighted by Crippen LogP contribution is 2.49. The van der Waals surface area contributed by atoms with E-state index in [1.807, 2.05) is 6.92 Å². The van der Waals surface area contributed by atoms with Crippen LogP contribution in [0, 0.1) is 11.8 Å². The predicted molar refractivity (Wildman–Crippen MR) is 127 cm³/mol. The highest BCUT2D eigenvalue weighted by atomic mass is 16.5. The first-order chi connectivity index (χ1) is 16.6. The highest BCUT2D eigenvalue weighted by Gasteiger charge is 2.48.